The molecule has 1 fully saturated rings. The maximum absolute atomic E-state index is 5.84. The van der Waals surface area contributed by atoms with E-state index >= 15 is 0 Å². The smallest absolute Gasteiger partial charge is 0.140 e. The van der Waals surface area contributed by atoms with Gasteiger partial charge in [-0.25, -0.2) is 4.98 Å². The van der Waals surface area contributed by atoms with Crippen LogP contribution in [0.3, 0.4) is 0 Å². The molecule has 0 atom stereocenters. The SMILES string of the molecule is Cc1ccc(OCc2nc(CN3CCN(c4ccccc4)CC3)cs2)cc1. The predicted molar refractivity (Wildman–Crippen MR) is 112 cm³/mol. The Morgan fingerprint density at radius 3 is 2.44 bits per heavy atom. The highest BCUT2D eigenvalue weighted by molar-refractivity contribution is 7.09. The third kappa shape index (κ3) is 4.87. The second-order valence-electron chi connectivity index (χ2n) is 6.93. The van der Waals surface area contributed by atoms with E-state index in [4.69, 9.17) is 9.72 Å². The molecule has 4 rings (SSSR count). The van der Waals surface area contributed by atoms with Gasteiger partial charge >= 0.3 is 0 Å². The van der Waals surface area contributed by atoms with E-state index in [1.807, 2.05) is 12.1 Å². The summed E-state index contributed by atoms with van der Waals surface area (Å²) >= 11 is 1.68. The van der Waals surface area contributed by atoms with Crippen LogP contribution >= 0.6 is 11.3 Å². The fourth-order valence-corrected chi connectivity index (χ4v) is 4.00. The number of rotatable bonds is 6. The van der Waals surface area contributed by atoms with Gasteiger partial charge in [-0.15, -0.1) is 11.3 Å². The van der Waals surface area contributed by atoms with Crippen LogP contribution in [0, 0.1) is 6.92 Å². The van der Waals surface area contributed by atoms with Crippen LogP contribution in [0.15, 0.2) is 60.0 Å². The van der Waals surface area contributed by atoms with E-state index in [9.17, 15) is 0 Å². The first kappa shape index (κ1) is 18.0. The van der Waals surface area contributed by atoms with Crippen molar-refractivity contribution in [3.63, 3.8) is 0 Å². The standard InChI is InChI=1S/C22H25N3OS/c1-18-7-9-21(10-8-18)26-16-22-23-19(17-27-22)15-24-11-13-25(14-12-24)20-5-3-2-4-6-20/h2-10,17H,11-16H2,1H3. The highest BCUT2D eigenvalue weighted by Crippen LogP contribution is 2.19. The number of aromatic nitrogens is 1. The summed E-state index contributed by atoms with van der Waals surface area (Å²) in [5.41, 5.74) is 3.71. The number of aryl methyl sites for hydroxylation is 1. The minimum atomic E-state index is 0.537. The molecule has 2 aromatic carbocycles. The zero-order valence-electron chi connectivity index (χ0n) is 15.7. The topological polar surface area (TPSA) is 28.6 Å². The van der Waals surface area contributed by atoms with Gasteiger partial charge in [0.2, 0.25) is 0 Å². The van der Waals surface area contributed by atoms with Crippen molar-refractivity contribution >= 4 is 17.0 Å². The maximum atomic E-state index is 5.84. The van der Waals surface area contributed by atoms with Crippen LogP contribution in [0.1, 0.15) is 16.3 Å². The van der Waals surface area contributed by atoms with Crippen molar-refractivity contribution in [1.82, 2.24) is 9.88 Å². The number of benzene rings is 2. The Hall–Kier alpha value is -2.37. The average Bonchev–Trinajstić information content (AvgIpc) is 3.16. The lowest BCUT2D eigenvalue weighted by Crippen LogP contribution is -2.46. The Kier molecular flexibility index (Phi) is 5.70. The quantitative estimate of drug-likeness (QED) is 0.636. The summed E-state index contributed by atoms with van der Waals surface area (Å²) in [4.78, 5) is 9.69. The van der Waals surface area contributed by atoms with E-state index in [1.54, 1.807) is 11.3 Å². The summed E-state index contributed by atoms with van der Waals surface area (Å²) in [6.07, 6.45) is 0. The molecule has 1 aliphatic heterocycles. The molecule has 0 saturated carbocycles. The number of para-hydroxylation sites is 1. The van der Waals surface area contributed by atoms with Crippen molar-refractivity contribution in [3.8, 4) is 5.75 Å². The largest absolute Gasteiger partial charge is 0.486 e. The molecular weight excluding hydrogens is 354 g/mol. The lowest BCUT2D eigenvalue weighted by Gasteiger charge is -2.35. The second-order valence-corrected chi connectivity index (χ2v) is 7.88. The summed E-state index contributed by atoms with van der Waals surface area (Å²) in [7, 11) is 0. The molecule has 1 aromatic heterocycles. The van der Waals surface area contributed by atoms with E-state index in [1.165, 1.54) is 11.3 Å². The Bertz CT molecular complexity index is 840. The number of thiazole rings is 1. The monoisotopic (exact) mass is 379 g/mol. The molecule has 27 heavy (non-hydrogen) atoms. The van der Waals surface area contributed by atoms with Crippen molar-refractivity contribution in [1.29, 1.82) is 0 Å². The van der Waals surface area contributed by atoms with Crippen molar-refractivity contribution in [2.24, 2.45) is 0 Å². The van der Waals surface area contributed by atoms with Crippen LogP contribution in [-0.2, 0) is 13.2 Å². The van der Waals surface area contributed by atoms with Crippen LogP contribution in [0.4, 0.5) is 5.69 Å². The molecule has 1 aliphatic rings. The molecule has 5 heteroatoms. The number of ether oxygens (including phenoxy) is 1. The molecular formula is C22H25N3OS. The van der Waals surface area contributed by atoms with E-state index in [0.29, 0.717) is 6.61 Å². The van der Waals surface area contributed by atoms with Crippen molar-refractivity contribution < 1.29 is 4.74 Å². The summed E-state index contributed by atoms with van der Waals surface area (Å²) in [6.45, 7) is 7.81. The zero-order valence-corrected chi connectivity index (χ0v) is 16.5. The molecule has 140 valence electrons. The molecule has 4 nitrogen and oxygen atoms in total. The summed E-state index contributed by atoms with van der Waals surface area (Å²) in [6, 6.07) is 18.8. The minimum Gasteiger partial charge on any atom is -0.486 e. The van der Waals surface area contributed by atoms with E-state index in [-0.39, 0.29) is 0 Å². The Morgan fingerprint density at radius 2 is 1.70 bits per heavy atom. The normalized spacial score (nSPS) is 15.1. The van der Waals surface area contributed by atoms with Crippen LogP contribution in [0.5, 0.6) is 5.75 Å². The molecule has 0 radical (unpaired) electrons. The van der Waals surface area contributed by atoms with Crippen LogP contribution in [-0.4, -0.2) is 36.1 Å². The highest BCUT2D eigenvalue weighted by atomic mass is 32.1. The number of anilines is 1. The van der Waals surface area contributed by atoms with Crippen molar-refractivity contribution in [2.75, 3.05) is 31.1 Å². The van der Waals surface area contributed by atoms with Gasteiger partial charge in [-0.05, 0) is 31.2 Å². The first-order valence-corrected chi connectivity index (χ1v) is 10.3. The fraction of sp³-hybridized carbons (Fsp3) is 0.318. The van der Waals surface area contributed by atoms with Gasteiger partial charge in [-0.2, -0.15) is 0 Å². The number of nitrogens with zero attached hydrogens (tertiary/aromatic N) is 3. The highest BCUT2D eigenvalue weighted by Gasteiger charge is 2.18. The molecule has 3 aromatic rings. The maximum Gasteiger partial charge on any atom is 0.140 e. The van der Waals surface area contributed by atoms with Gasteiger partial charge in [-0.3, -0.25) is 4.90 Å². The molecule has 2 heterocycles. The third-order valence-electron chi connectivity index (χ3n) is 4.86. The molecule has 0 unspecified atom stereocenters. The number of hydrogen-bond donors (Lipinski definition) is 0. The molecule has 0 bridgehead atoms. The number of hydrogen-bond acceptors (Lipinski definition) is 5. The van der Waals surface area contributed by atoms with Gasteiger partial charge in [-0.1, -0.05) is 35.9 Å². The van der Waals surface area contributed by atoms with Crippen LogP contribution in [0.25, 0.3) is 0 Å². The zero-order chi connectivity index (χ0) is 18.5. The Morgan fingerprint density at radius 1 is 0.963 bits per heavy atom. The Labute approximate surface area is 165 Å². The van der Waals surface area contributed by atoms with Gasteiger partial charge in [0.15, 0.2) is 0 Å². The minimum absolute atomic E-state index is 0.537. The van der Waals surface area contributed by atoms with Gasteiger partial charge in [0.1, 0.15) is 17.4 Å². The van der Waals surface area contributed by atoms with Crippen molar-refractivity contribution in [3.05, 3.63) is 76.2 Å². The van der Waals surface area contributed by atoms with Gasteiger partial charge in [0.25, 0.3) is 0 Å². The molecule has 1 saturated heterocycles. The van der Waals surface area contributed by atoms with Crippen molar-refractivity contribution in [2.45, 2.75) is 20.1 Å². The number of piperazine rings is 1. The van der Waals surface area contributed by atoms with E-state index in [0.717, 1.165) is 49.2 Å². The second kappa shape index (κ2) is 8.55. The molecule has 0 amide bonds. The summed E-state index contributed by atoms with van der Waals surface area (Å²) < 4.78 is 5.84. The molecule has 0 N–H and O–H groups in total. The average molecular weight is 380 g/mol. The lowest BCUT2D eigenvalue weighted by molar-refractivity contribution is 0.247. The third-order valence-corrected chi connectivity index (χ3v) is 5.73. The molecule has 0 aliphatic carbocycles. The Balaban J connectivity index is 1.25. The van der Waals surface area contributed by atoms with Crippen LogP contribution < -0.4 is 9.64 Å². The fourth-order valence-electron chi connectivity index (χ4n) is 3.30. The first-order chi connectivity index (χ1) is 13.3. The van der Waals surface area contributed by atoms with Gasteiger partial charge in [0, 0.05) is 43.8 Å². The van der Waals surface area contributed by atoms with Gasteiger partial charge < -0.3 is 9.64 Å². The predicted octanol–water partition coefficient (Wildman–Crippen LogP) is 4.35. The summed E-state index contributed by atoms with van der Waals surface area (Å²) in [5.74, 6) is 0.898. The van der Waals surface area contributed by atoms with E-state index < -0.39 is 0 Å². The first-order valence-electron chi connectivity index (χ1n) is 9.41. The summed E-state index contributed by atoms with van der Waals surface area (Å²) in [5, 5.41) is 3.20. The molecule has 0 spiro atoms. The van der Waals surface area contributed by atoms with Crippen LogP contribution in [0.2, 0.25) is 0 Å². The van der Waals surface area contributed by atoms with Gasteiger partial charge in [0.05, 0.1) is 5.69 Å². The lowest BCUT2D eigenvalue weighted by atomic mass is 10.2. The van der Waals surface area contributed by atoms with E-state index in [2.05, 4.69) is 64.6 Å².